The molecule has 0 fully saturated rings. The van der Waals surface area contributed by atoms with Crippen LogP contribution in [0.15, 0.2) is 60.7 Å². The Balaban J connectivity index is 0.00000128. The zero-order valence-corrected chi connectivity index (χ0v) is 10.7. The molecule has 0 aliphatic heterocycles. The van der Waals surface area contributed by atoms with Gasteiger partial charge in [0, 0.05) is 0 Å². The van der Waals surface area contributed by atoms with E-state index in [-0.39, 0.29) is 18.9 Å². The molecule has 0 N–H and O–H groups in total. The van der Waals surface area contributed by atoms with E-state index in [1.807, 2.05) is 36.4 Å². The predicted octanol–water partition coefficient (Wildman–Crippen LogP) is 1.28. The number of benzene rings is 2. The van der Waals surface area contributed by atoms with E-state index >= 15 is 0 Å². The number of hydrogen-bond donors (Lipinski definition) is 0. The van der Waals surface area contributed by atoms with Crippen LogP contribution in [0.3, 0.4) is 0 Å². The summed E-state index contributed by atoms with van der Waals surface area (Å²) in [7, 11) is 0. The number of halogens is 1. The average molecular weight is 265 g/mol. The monoisotopic (exact) mass is 264 g/mol. The van der Waals surface area contributed by atoms with E-state index in [1.54, 1.807) is 0 Å². The first-order valence-corrected chi connectivity index (χ1v) is 5.55. The van der Waals surface area contributed by atoms with Gasteiger partial charge in [-0.25, -0.2) is 0 Å². The summed E-state index contributed by atoms with van der Waals surface area (Å²) in [5.41, 5.74) is 3.41. The Kier molecular flexibility index (Phi) is 5.63. The van der Waals surface area contributed by atoms with Crippen LogP contribution in [0.2, 0.25) is 0 Å². The van der Waals surface area contributed by atoms with Gasteiger partial charge in [-0.05, 0) is 0 Å². The molecular weight excluding hydrogens is 255 g/mol. The minimum absolute atomic E-state index is 0. The number of rotatable bonds is 2. The molecule has 2 aromatic rings. The van der Waals surface area contributed by atoms with Gasteiger partial charge in [0.15, 0.2) is 0 Å². The minimum Gasteiger partial charge on any atom is -0.171 e. The Morgan fingerprint density at radius 2 is 1.12 bits per heavy atom. The van der Waals surface area contributed by atoms with Crippen molar-refractivity contribution in [2.75, 3.05) is 0 Å². The summed E-state index contributed by atoms with van der Waals surface area (Å²) >= 11 is 3.30. The molecule has 2 heteroatoms. The zero-order chi connectivity index (χ0) is 10.5. The van der Waals surface area contributed by atoms with Crippen molar-refractivity contribution in [3.8, 4) is 0 Å². The molecule has 0 amide bonds. The van der Waals surface area contributed by atoms with Crippen LogP contribution in [0.5, 0.6) is 0 Å². The molecule has 0 aliphatic carbocycles. The van der Waals surface area contributed by atoms with Crippen LogP contribution in [0.4, 0.5) is 0 Å². The van der Waals surface area contributed by atoms with Crippen molar-refractivity contribution >= 4 is 21.5 Å². The van der Waals surface area contributed by atoms with Crippen molar-refractivity contribution in [3.63, 3.8) is 0 Å². The molecule has 0 aliphatic rings. The molecular formula is C14H10BrLi. The largest absolute Gasteiger partial charge is 1.00 e. The molecule has 0 atom stereocenters. The molecule has 0 aromatic heterocycles. The van der Waals surface area contributed by atoms with Gasteiger partial charge in [0.1, 0.15) is 0 Å². The molecule has 0 saturated heterocycles. The summed E-state index contributed by atoms with van der Waals surface area (Å²) in [6, 6.07) is 20.5. The summed E-state index contributed by atoms with van der Waals surface area (Å²) in [6.45, 7) is 0. The first-order chi connectivity index (χ1) is 7.42. The smallest absolute Gasteiger partial charge is 0.171 e. The van der Waals surface area contributed by atoms with Crippen LogP contribution in [-0.2, 0) is 0 Å². The van der Waals surface area contributed by atoms with Crippen LogP contribution in [0.25, 0.3) is 5.57 Å². The van der Waals surface area contributed by atoms with E-state index in [0.717, 1.165) is 5.57 Å². The number of hydrogen-bond acceptors (Lipinski definition) is 0. The second-order valence-electron chi connectivity index (χ2n) is 3.20. The Hall–Kier alpha value is -0.743. The minimum atomic E-state index is 0. The van der Waals surface area contributed by atoms with E-state index < -0.39 is 0 Å². The molecule has 0 bridgehead atoms. The standard InChI is InChI=1S/C14H10Br.Li/c15-11-14(12-7-3-1-4-8-12)13-9-5-2-6-10-13;/h1-10H;/q-1;+1. The van der Waals surface area contributed by atoms with Gasteiger partial charge in [-0.15, -0.1) is 56.3 Å². The molecule has 74 valence electrons. The fourth-order valence-corrected chi connectivity index (χ4v) is 1.94. The van der Waals surface area contributed by atoms with E-state index in [4.69, 9.17) is 0 Å². The first-order valence-electron chi connectivity index (χ1n) is 4.76. The maximum absolute atomic E-state index is 3.30. The summed E-state index contributed by atoms with van der Waals surface area (Å²) in [5, 5.41) is 0. The van der Waals surface area contributed by atoms with Gasteiger partial charge in [-0.3, -0.25) is 0 Å². The van der Waals surface area contributed by atoms with Gasteiger partial charge in [-0.1, -0.05) is 36.4 Å². The third kappa shape index (κ3) is 3.12. The van der Waals surface area contributed by atoms with Crippen molar-refractivity contribution in [2.24, 2.45) is 0 Å². The average Bonchev–Trinajstić information content (AvgIpc) is 2.33. The Labute approximate surface area is 117 Å². The Morgan fingerprint density at radius 3 is 1.44 bits per heavy atom. The fraction of sp³-hybridized carbons (Fsp3) is 0. The first kappa shape index (κ1) is 13.3. The molecule has 0 nitrogen and oxygen atoms in total. The topological polar surface area (TPSA) is 0 Å². The third-order valence-corrected chi connectivity index (χ3v) is 2.62. The van der Waals surface area contributed by atoms with Crippen molar-refractivity contribution in [1.29, 1.82) is 0 Å². The Morgan fingerprint density at radius 1 is 0.750 bits per heavy atom. The van der Waals surface area contributed by atoms with Crippen molar-refractivity contribution in [1.82, 2.24) is 0 Å². The van der Waals surface area contributed by atoms with Gasteiger partial charge in [0.05, 0.1) is 0 Å². The van der Waals surface area contributed by atoms with Gasteiger partial charge >= 0.3 is 18.9 Å². The van der Waals surface area contributed by atoms with E-state index in [1.165, 1.54) is 11.1 Å². The van der Waals surface area contributed by atoms with Crippen LogP contribution in [0, 0.1) is 4.99 Å². The maximum Gasteiger partial charge on any atom is 1.00 e. The van der Waals surface area contributed by atoms with Crippen LogP contribution in [-0.4, -0.2) is 0 Å². The van der Waals surface area contributed by atoms with Crippen LogP contribution in [0.1, 0.15) is 11.1 Å². The normalized spacial score (nSPS) is 9.06. The van der Waals surface area contributed by atoms with Gasteiger partial charge < -0.3 is 0 Å². The SMILES string of the molecule is Br[C-]=C(c1ccccc1)c1ccccc1.[Li+]. The maximum atomic E-state index is 3.30. The predicted molar refractivity (Wildman–Crippen MR) is 67.6 cm³/mol. The van der Waals surface area contributed by atoms with E-state index in [2.05, 4.69) is 45.2 Å². The van der Waals surface area contributed by atoms with Crippen molar-refractivity contribution < 1.29 is 18.9 Å². The van der Waals surface area contributed by atoms with Gasteiger partial charge in [0.25, 0.3) is 0 Å². The van der Waals surface area contributed by atoms with Crippen LogP contribution >= 0.6 is 15.9 Å². The van der Waals surface area contributed by atoms with E-state index in [9.17, 15) is 0 Å². The van der Waals surface area contributed by atoms with Gasteiger partial charge in [-0.2, -0.15) is 5.57 Å². The molecule has 0 saturated carbocycles. The van der Waals surface area contributed by atoms with Crippen molar-refractivity contribution in [2.45, 2.75) is 0 Å². The van der Waals surface area contributed by atoms with Crippen LogP contribution < -0.4 is 18.9 Å². The zero-order valence-electron chi connectivity index (χ0n) is 9.15. The van der Waals surface area contributed by atoms with Crippen molar-refractivity contribution in [3.05, 3.63) is 76.8 Å². The molecule has 2 aromatic carbocycles. The molecule has 0 unspecified atom stereocenters. The van der Waals surface area contributed by atoms with Gasteiger partial charge in [0.2, 0.25) is 0 Å². The van der Waals surface area contributed by atoms with E-state index in [0.29, 0.717) is 0 Å². The quantitative estimate of drug-likeness (QED) is 0.567. The molecule has 2 rings (SSSR count). The second kappa shape index (κ2) is 6.76. The molecule has 0 heterocycles. The summed E-state index contributed by atoms with van der Waals surface area (Å²) < 4.78 is 0. The third-order valence-electron chi connectivity index (χ3n) is 2.22. The summed E-state index contributed by atoms with van der Waals surface area (Å²) in [4.78, 5) is 3.06. The second-order valence-corrected chi connectivity index (χ2v) is 3.60. The molecule has 0 radical (unpaired) electrons. The molecule has 0 spiro atoms. The Bertz CT molecular complexity index is 407. The summed E-state index contributed by atoms with van der Waals surface area (Å²) in [5.74, 6) is 0. The fourth-order valence-electron chi connectivity index (χ4n) is 1.49. The molecule has 16 heavy (non-hydrogen) atoms. The summed E-state index contributed by atoms with van der Waals surface area (Å²) in [6.07, 6.45) is 0.